The summed E-state index contributed by atoms with van der Waals surface area (Å²) in [5.41, 5.74) is 1.51. The highest BCUT2D eigenvalue weighted by molar-refractivity contribution is 6.35. The van der Waals surface area contributed by atoms with Gasteiger partial charge in [0.05, 0.1) is 13.2 Å². The van der Waals surface area contributed by atoms with E-state index in [-0.39, 0.29) is 48.1 Å². The summed E-state index contributed by atoms with van der Waals surface area (Å²) in [4.78, 5) is 54.9. The van der Waals surface area contributed by atoms with Crippen molar-refractivity contribution in [3.05, 3.63) is 47.0 Å². The van der Waals surface area contributed by atoms with E-state index in [2.05, 4.69) is 15.5 Å². The van der Waals surface area contributed by atoms with E-state index < -0.39 is 30.9 Å². The molecule has 0 fully saturated rings. The first kappa shape index (κ1) is 29.0. The van der Waals surface area contributed by atoms with Crippen molar-refractivity contribution in [3.63, 3.8) is 0 Å². The fourth-order valence-corrected chi connectivity index (χ4v) is 3.71. The zero-order valence-electron chi connectivity index (χ0n) is 22.1. The molecule has 39 heavy (non-hydrogen) atoms. The van der Waals surface area contributed by atoms with E-state index in [0.717, 1.165) is 9.70 Å². The molecule has 1 heterocycles. The molecule has 0 radical (unpaired) electrons. The van der Waals surface area contributed by atoms with Crippen LogP contribution in [0.5, 0.6) is 5.75 Å². The Morgan fingerprint density at radius 1 is 0.846 bits per heavy atom. The van der Waals surface area contributed by atoms with Crippen LogP contribution in [0.2, 0.25) is 0 Å². The third kappa shape index (κ3) is 6.48. The Morgan fingerprint density at radius 2 is 1.44 bits per heavy atom. The van der Waals surface area contributed by atoms with E-state index in [9.17, 15) is 24.3 Å². The molecule has 0 atom stereocenters. The molecule has 14 nitrogen and oxygen atoms in total. The molecule has 208 valence electrons. The van der Waals surface area contributed by atoms with Crippen molar-refractivity contribution in [1.29, 1.82) is 0 Å². The van der Waals surface area contributed by atoms with Crippen LogP contribution in [0.1, 0.15) is 26.3 Å². The van der Waals surface area contributed by atoms with Crippen molar-refractivity contribution in [2.24, 2.45) is 0 Å². The maximum Gasteiger partial charge on any atom is 0.312 e. The topological polar surface area (TPSA) is 181 Å². The maximum absolute atomic E-state index is 12.8. The van der Waals surface area contributed by atoms with Gasteiger partial charge in [0.25, 0.3) is 11.8 Å². The van der Waals surface area contributed by atoms with E-state index >= 15 is 0 Å². The summed E-state index contributed by atoms with van der Waals surface area (Å²) in [5.74, 6) is -2.96. The van der Waals surface area contributed by atoms with Crippen LogP contribution in [-0.2, 0) is 16.1 Å². The molecule has 3 rings (SSSR count). The first-order valence-electron chi connectivity index (χ1n) is 11.9. The molecule has 2 aromatic carbocycles. The van der Waals surface area contributed by atoms with Gasteiger partial charge in [-0.3, -0.25) is 19.2 Å². The highest BCUT2D eigenvalue weighted by Crippen LogP contribution is 2.29. The lowest BCUT2D eigenvalue weighted by molar-refractivity contribution is -0.146. The molecule has 0 aliphatic heterocycles. The van der Waals surface area contributed by atoms with E-state index in [0.29, 0.717) is 16.6 Å². The normalized spacial score (nSPS) is 10.8. The number of aromatic nitrogens is 3. The predicted octanol–water partition coefficient (Wildman–Crippen LogP) is -1.04. The smallest absolute Gasteiger partial charge is 0.312 e. The number of amides is 4. The lowest BCUT2D eigenvalue weighted by atomic mass is 10.1. The van der Waals surface area contributed by atoms with Gasteiger partial charge in [-0.2, -0.15) is 0 Å². The number of carbonyl (C=O) groups is 4. The molecule has 0 unspecified atom stereocenters. The van der Waals surface area contributed by atoms with Crippen LogP contribution in [0.15, 0.2) is 30.3 Å². The molecule has 0 spiro atoms. The van der Waals surface area contributed by atoms with Crippen LogP contribution in [-0.4, -0.2) is 123 Å². The van der Waals surface area contributed by atoms with Crippen molar-refractivity contribution in [3.8, 4) is 11.4 Å². The van der Waals surface area contributed by atoms with Crippen LogP contribution in [0.3, 0.4) is 0 Å². The van der Waals surface area contributed by atoms with Crippen molar-refractivity contribution in [2.75, 3.05) is 54.5 Å². The van der Waals surface area contributed by atoms with Crippen LogP contribution in [0.4, 0.5) is 0 Å². The fraction of sp³-hybridized carbons (Fsp3) is 0.360. The number of aliphatic hydroxyl groups excluding tert-OH is 2. The number of nitrogens with one attached hydrogen (secondary N) is 1. The number of hydrogen-bond donors (Lipinski definition) is 4. The monoisotopic (exact) mass is 541 g/mol. The summed E-state index contributed by atoms with van der Waals surface area (Å²) in [6.45, 7) is -1.40. The molecule has 0 saturated carbocycles. The number of hydrogen-bond acceptors (Lipinski definition) is 9. The van der Waals surface area contributed by atoms with Gasteiger partial charge in [0.2, 0.25) is 0 Å². The number of benzene rings is 2. The quantitative estimate of drug-likeness (QED) is 0.246. The molecule has 0 aliphatic carbocycles. The van der Waals surface area contributed by atoms with Gasteiger partial charge in [-0.05, 0) is 30.3 Å². The molecule has 3 aromatic rings. The maximum atomic E-state index is 12.8. The number of rotatable bonds is 9. The lowest BCUT2D eigenvalue weighted by Gasteiger charge is -2.20. The number of nitrogens with zero attached hydrogens (tertiary/aromatic N) is 6. The molecular formula is C25H31N7O7. The third-order valence-electron chi connectivity index (χ3n) is 5.73. The molecule has 4 N–H and O–H groups in total. The van der Waals surface area contributed by atoms with Crippen molar-refractivity contribution in [1.82, 2.24) is 35.0 Å². The largest absolute Gasteiger partial charge is 0.505 e. The first-order chi connectivity index (χ1) is 18.5. The Hall–Kier alpha value is -4.56. The second kappa shape index (κ2) is 12.3. The predicted molar refractivity (Wildman–Crippen MR) is 139 cm³/mol. The van der Waals surface area contributed by atoms with Gasteiger partial charge in [-0.25, -0.2) is 0 Å². The molecule has 1 aromatic heterocycles. The third-order valence-corrected chi connectivity index (χ3v) is 5.73. The van der Waals surface area contributed by atoms with Gasteiger partial charge >= 0.3 is 11.8 Å². The summed E-state index contributed by atoms with van der Waals surface area (Å²) < 4.78 is 0. The Bertz CT molecular complexity index is 1390. The average molecular weight is 542 g/mol. The van der Waals surface area contributed by atoms with E-state index in [1.165, 1.54) is 21.9 Å². The number of phenolic OH excluding ortho intramolecular Hbond substituents is 1. The van der Waals surface area contributed by atoms with E-state index in [1.54, 1.807) is 46.4 Å². The van der Waals surface area contributed by atoms with Gasteiger partial charge < -0.3 is 35.3 Å². The Balaban J connectivity index is 1.99. The lowest BCUT2D eigenvalue weighted by Crippen LogP contribution is -2.45. The molecule has 14 heteroatoms. The number of fused-ring (bicyclic) bond motifs is 1. The van der Waals surface area contributed by atoms with Gasteiger partial charge in [-0.15, -0.1) is 15.0 Å². The Morgan fingerprint density at radius 3 is 2.03 bits per heavy atom. The highest BCUT2D eigenvalue weighted by Gasteiger charge is 2.23. The van der Waals surface area contributed by atoms with E-state index in [1.807, 2.05) is 0 Å². The Labute approximate surface area is 224 Å². The molecule has 0 aliphatic rings. The molecule has 0 saturated heterocycles. The first-order valence-corrected chi connectivity index (χ1v) is 11.9. The second-order valence-electron chi connectivity index (χ2n) is 9.02. The van der Waals surface area contributed by atoms with Gasteiger partial charge in [0.15, 0.2) is 0 Å². The van der Waals surface area contributed by atoms with Gasteiger partial charge in [0, 0.05) is 64.5 Å². The summed E-state index contributed by atoms with van der Waals surface area (Å²) in [5, 5.41) is 40.4. The van der Waals surface area contributed by atoms with Gasteiger partial charge in [0.1, 0.15) is 22.5 Å². The average Bonchev–Trinajstić information content (AvgIpc) is 3.33. The van der Waals surface area contributed by atoms with Crippen LogP contribution in [0, 0.1) is 0 Å². The van der Waals surface area contributed by atoms with Crippen LogP contribution < -0.4 is 5.32 Å². The molecule has 0 bridgehead atoms. The molecule has 4 amide bonds. The standard InChI is InChI=1S/C25H31N7O7/c1-29(2)23(37)15-5-6-18-19(12-15)28-32(27-18)20-13-16(24(38)30(3)4)11-17(21(20)35)14-26-22(36)25(39)31(7-9-33)8-10-34/h5-6,11-13,33-35H,7-10,14H2,1-4H3,(H,26,36). The summed E-state index contributed by atoms with van der Waals surface area (Å²) in [7, 11) is 6.35. The van der Waals surface area contributed by atoms with E-state index in [4.69, 9.17) is 10.2 Å². The Kier molecular flexibility index (Phi) is 9.16. The fourth-order valence-electron chi connectivity index (χ4n) is 3.71. The van der Waals surface area contributed by atoms with Crippen molar-refractivity contribution >= 4 is 34.7 Å². The zero-order chi connectivity index (χ0) is 28.9. The molecular weight excluding hydrogens is 510 g/mol. The summed E-state index contributed by atoms with van der Waals surface area (Å²) >= 11 is 0. The van der Waals surface area contributed by atoms with Crippen molar-refractivity contribution < 1.29 is 34.5 Å². The second-order valence-corrected chi connectivity index (χ2v) is 9.02. The van der Waals surface area contributed by atoms with Crippen molar-refractivity contribution in [2.45, 2.75) is 6.54 Å². The van der Waals surface area contributed by atoms with Crippen LogP contribution >= 0.6 is 0 Å². The minimum absolute atomic E-state index is 0.0390. The highest BCUT2D eigenvalue weighted by atomic mass is 16.3. The summed E-state index contributed by atoms with van der Waals surface area (Å²) in [6.07, 6.45) is 0. The van der Waals surface area contributed by atoms with Gasteiger partial charge in [-0.1, -0.05) is 0 Å². The SMILES string of the molecule is CN(C)C(=O)c1cc(CNC(=O)C(=O)N(CCO)CCO)c(O)c(-n2nc3ccc(C(=O)N(C)C)cc3n2)c1. The minimum atomic E-state index is -1.02. The number of carbonyl (C=O) groups excluding carboxylic acids is 4. The zero-order valence-corrected chi connectivity index (χ0v) is 22.1. The van der Waals surface area contributed by atoms with Crippen LogP contribution in [0.25, 0.3) is 16.7 Å². The number of aromatic hydroxyl groups is 1. The number of phenols is 1. The minimum Gasteiger partial charge on any atom is -0.505 e. The number of aliphatic hydroxyl groups is 2. The summed E-state index contributed by atoms with van der Waals surface area (Å²) in [6, 6.07) is 7.54.